The minimum absolute atomic E-state index is 0.860. The molecule has 0 fully saturated rings. The van der Waals surface area contributed by atoms with Crippen molar-refractivity contribution in [3.05, 3.63) is 94.9 Å². The summed E-state index contributed by atoms with van der Waals surface area (Å²) < 4.78 is 5.91. The van der Waals surface area contributed by atoms with Crippen LogP contribution in [0.5, 0.6) is 0 Å². The Kier molecular flexibility index (Phi) is 9.59. The molecule has 0 saturated carbocycles. The zero-order valence-corrected chi connectivity index (χ0v) is 19.3. The molecule has 0 atom stereocenters. The van der Waals surface area contributed by atoms with Crippen LogP contribution in [0.3, 0.4) is 0 Å². The molecule has 0 amide bonds. The first-order chi connectivity index (χ1) is 14.7. The maximum Gasteiger partial charge on any atom is 0.118 e. The Hall–Kier alpha value is -1.97. The first kappa shape index (κ1) is 22.7. The van der Waals surface area contributed by atoms with E-state index in [2.05, 4.69) is 85.7 Å². The van der Waals surface area contributed by atoms with Crippen LogP contribution in [-0.4, -0.2) is 19.0 Å². The van der Waals surface area contributed by atoms with E-state index in [1.165, 1.54) is 55.2 Å². The number of furan rings is 1. The van der Waals surface area contributed by atoms with Gasteiger partial charge in [-0.2, -0.15) is 0 Å². The van der Waals surface area contributed by atoms with Gasteiger partial charge in [0.25, 0.3) is 0 Å². The van der Waals surface area contributed by atoms with E-state index in [-0.39, 0.29) is 0 Å². The lowest BCUT2D eigenvalue weighted by molar-refractivity contribution is 0.344. The molecular formula is C27H35NOS. The fourth-order valence-corrected chi connectivity index (χ4v) is 4.57. The maximum absolute atomic E-state index is 5.91. The van der Waals surface area contributed by atoms with Crippen molar-refractivity contribution >= 4 is 11.8 Å². The van der Waals surface area contributed by atoms with Gasteiger partial charge in [-0.05, 0) is 68.6 Å². The largest absolute Gasteiger partial charge is 0.464 e. The highest BCUT2D eigenvalue weighted by Crippen LogP contribution is 2.21. The minimum Gasteiger partial charge on any atom is -0.464 e. The Morgan fingerprint density at radius 3 is 2.10 bits per heavy atom. The van der Waals surface area contributed by atoms with Gasteiger partial charge in [-0.15, -0.1) is 11.8 Å². The standard InChI is InChI=1S/C27H35NOS/c1-28(2)20-26-17-18-27(29-26)22-30-21-25-16-10-15-24(19-25)14-7-4-3-6-11-23-12-8-5-9-13-23/h5,8-10,12-13,15-19H,3-4,6-7,11,14,20-22H2,1-2H3. The van der Waals surface area contributed by atoms with Crippen LogP contribution >= 0.6 is 11.8 Å². The van der Waals surface area contributed by atoms with Gasteiger partial charge in [0.15, 0.2) is 0 Å². The normalized spacial score (nSPS) is 11.3. The Labute approximate surface area is 186 Å². The number of rotatable bonds is 13. The fraction of sp³-hybridized carbons (Fsp3) is 0.407. The van der Waals surface area contributed by atoms with E-state index < -0.39 is 0 Å². The first-order valence-corrected chi connectivity index (χ1v) is 12.3. The Morgan fingerprint density at radius 1 is 0.667 bits per heavy atom. The van der Waals surface area contributed by atoms with E-state index in [1.807, 2.05) is 11.8 Å². The molecule has 0 aliphatic carbocycles. The van der Waals surface area contributed by atoms with Crippen molar-refractivity contribution in [2.75, 3.05) is 14.1 Å². The third kappa shape index (κ3) is 8.41. The first-order valence-electron chi connectivity index (χ1n) is 11.1. The van der Waals surface area contributed by atoms with Gasteiger partial charge >= 0.3 is 0 Å². The van der Waals surface area contributed by atoms with E-state index in [1.54, 1.807) is 0 Å². The van der Waals surface area contributed by atoms with Gasteiger partial charge in [0.05, 0.1) is 12.3 Å². The third-order valence-electron chi connectivity index (χ3n) is 5.22. The van der Waals surface area contributed by atoms with E-state index in [0.29, 0.717) is 0 Å². The van der Waals surface area contributed by atoms with Crippen molar-refractivity contribution in [1.82, 2.24) is 4.90 Å². The molecule has 0 N–H and O–H groups in total. The summed E-state index contributed by atoms with van der Waals surface area (Å²) in [6.07, 6.45) is 7.62. The SMILES string of the molecule is CN(C)Cc1ccc(CSCc2cccc(CCCCCCc3ccccc3)c2)o1. The highest BCUT2D eigenvalue weighted by molar-refractivity contribution is 7.97. The summed E-state index contributed by atoms with van der Waals surface area (Å²) in [5.74, 6) is 4.08. The summed E-state index contributed by atoms with van der Waals surface area (Å²) in [5.41, 5.74) is 4.36. The van der Waals surface area contributed by atoms with Crippen molar-refractivity contribution in [3.8, 4) is 0 Å². The smallest absolute Gasteiger partial charge is 0.118 e. The number of unbranched alkanes of at least 4 members (excludes halogenated alkanes) is 3. The van der Waals surface area contributed by atoms with E-state index in [9.17, 15) is 0 Å². The lowest BCUT2D eigenvalue weighted by Crippen LogP contribution is -2.09. The second-order valence-corrected chi connectivity index (χ2v) is 9.30. The average molecular weight is 422 g/mol. The number of benzene rings is 2. The second kappa shape index (κ2) is 12.7. The third-order valence-corrected chi connectivity index (χ3v) is 6.24. The predicted octanol–water partition coefficient (Wildman–Crippen LogP) is 7.12. The van der Waals surface area contributed by atoms with Gasteiger partial charge in [-0.1, -0.05) is 67.4 Å². The predicted molar refractivity (Wildman–Crippen MR) is 130 cm³/mol. The highest BCUT2D eigenvalue weighted by Gasteiger charge is 2.04. The van der Waals surface area contributed by atoms with Gasteiger partial charge in [0.1, 0.15) is 11.5 Å². The van der Waals surface area contributed by atoms with Crippen LogP contribution in [0, 0.1) is 0 Å². The van der Waals surface area contributed by atoms with Crippen LogP contribution in [0.2, 0.25) is 0 Å². The zero-order valence-electron chi connectivity index (χ0n) is 18.5. The molecule has 3 heteroatoms. The molecule has 0 aliphatic heterocycles. The number of hydrogen-bond donors (Lipinski definition) is 0. The Bertz CT molecular complexity index is 856. The van der Waals surface area contributed by atoms with E-state index >= 15 is 0 Å². The molecule has 0 saturated heterocycles. The molecule has 1 heterocycles. The highest BCUT2D eigenvalue weighted by atomic mass is 32.2. The van der Waals surface area contributed by atoms with Crippen molar-refractivity contribution < 1.29 is 4.42 Å². The molecule has 3 rings (SSSR count). The van der Waals surface area contributed by atoms with Gasteiger partial charge in [0.2, 0.25) is 0 Å². The van der Waals surface area contributed by atoms with Crippen molar-refractivity contribution in [3.63, 3.8) is 0 Å². The lowest BCUT2D eigenvalue weighted by Gasteiger charge is -2.07. The van der Waals surface area contributed by atoms with Crippen LogP contribution in [0.15, 0.2) is 71.1 Å². The van der Waals surface area contributed by atoms with Gasteiger partial charge in [-0.3, -0.25) is 0 Å². The average Bonchev–Trinajstić information content (AvgIpc) is 3.18. The van der Waals surface area contributed by atoms with Crippen LogP contribution in [0.4, 0.5) is 0 Å². The molecule has 0 radical (unpaired) electrons. The molecule has 2 nitrogen and oxygen atoms in total. The van der Waals surface area contributed by atoms with Crippen LogP contribution in [0.1, 0.15) is 53.9 Å². The summed E-state index contributed by atoms with van der Waals surface area (Å²) in [4.78, 5) is 2.13. The molecule has 0 unspecified atom stereocenters. The molecular weight excluding hydrogens is 386 g/mol. The molecule has 2 aromatic carbocycles. The van der Waals surface area contributed by atoms with Crippen molar-refractivity contribution in [2.24, 2.45) is 0 Å². The maximum atomic E-state index is 5.91. The molecule has 0 aliphatic rings. The quantitative estimate of drug-likeness (QED) is 0.273. The number of nitrogens with zero attached hydrogens (tertiary/aromatic N) is 1. The van der Waals surface area contributed by atoms with Gasteiger partial charge in [0, 0.05) is 5.75 Å². The number of aryl methyl sites for hydroxylation is 2. The molecule has 0 bridgehead atoms. The molecule has 30 heavy (non-hydrogen) atoms. The summed E-state index contributed by atoms with van der Waals surface area (Å²) in [7, 11) is 4.13. The minimum atomic E-state index is 0.860. The number of hydrogen-bond acceptors (Lipinski definition) is 3. The molecule has 0 spiro atoms. The van der Waals surface area contributed by atoms with Crippen LogP contribution in [0.25, 0.3) is 0 Å². The fourth-order valence-electron chi connectivity index (χ4n) is 3.70. The Morgan fingerprint density at radius 2 is 1.33 bits per heavy atom. The van der Waals surface area contributed by atoms with Crippen molar-refractivity contribution in [2.45, 2.75) is 56.6 Å². The number of thioether (sulfide) groups is 1. The zero-order chi connectivity index (χ0) is 21.0. The summed E-state index contributed by atoms with van der Waals surface area (Å²) >= 11 is 1.93. The van der Waals surface area contributed by atoms with Gasteiger partial charge in [-0.25, -0.2) is 0 Å². The summed E-state index contributed by atoms with van der Waals surface area (Å²) in [6.45, 7) is 0.860. The Balaban J connectivity index is 1.31. The lowest BCUT2D eigenvalue weighted by atomic mass is 10.0. The molecule has 3 aromatic rings. The van der Waals surface area contributed by atoms with Gasteiger partial charge < -0.3 is 9.32 Å². The van der Waals surface area contributed by atoms with Crippen molar-refractivity contribution in [1.29, 1.82) is 0 Å². The monoisotopic (exact) mass is 421 g/mol. The van der Waals surface area contributed by atoms with E-state index in [0.717, 1.165) is 29.6 Å². The van der Waals surface area contributed by atoms with Crippen LogP contribution < -0.4 is 0 Å². The molecule has 160 valence electrons. The topological polar surface area (TPSA) is 16.4 Å². The van der Waals surface area contributed by atoms with Crippen LogP contribution in [-0.2, 0) is 30.9 Å². The van der Waals surface area contributed by atoms with E-state index in [4.69, 9.17) is 4.42 Å². The second-order valence-electron chi connectivity index (χ2n) is 8.32. The molecule has 1 aromatic heterocycles. The summed E-state index contributed by atoms with van der Waals surface area (Å²) in [6, 6.07) is 24.2. The summed E-state index contributed by atoms with van der Waals surface area (Å²) in [5, 5.41) is 0.